The Balaban J connectivity index is 2.52. The molecular formula is C7H3Cl2FO2. The molecular weight excluding hydrogens is 206 g/mol. The van der Waals surface area contributed by atoms with E-state index >= 15 is 0 Å². The lowest BCUT2D eigenvalue weighted by Crippen LogP contribution is -2.26. The molecule has 1 heterocycles. The normalized spacial score (nSPS) is 44.2. The van der Waals surface area contributed by atoms with Gasteiger partial charge in [-0.15, -0.1) is 0 Å². The van der Waals surface area contributed by atoms with Crippen LogP contribution >= 0.6 is 23.2 Å². The van der Waals surface area contributed by atoms with E-state index in [0.29, 0.717) is 6.29 Å². The zero-order chi connectivity index (χ0) is 8.98. The molecule has 0 aromatic rings. The van der Waals surface area contributed by atoms with E-state index in [2.05, 4.69) is 0 Å². The Labute approximate surface area is 77.6 Å². The molecule has 64 valence electrons. The van der Waals surface area contributed by atoms with E-state index in [1.807, 2.05) is 0 Å². The smallest absolute Gasteiger partial charge is 0.236 e. The van der Waals surface area contributed by atoms with Crippen molar-refractivity contribution < 1.29 is 13.9 Å². The van der Waals surface area contributed by atoms with Crippen LogP contribution in [0.2, 0.25) is 0 Å². The number of rotatable bonds is 1. The number of carbonyl (C=O) groups excluding carboxylic acids is 1. The number of alkyl halides is 1. The molecule has 2 aliphatic rings. The minimum absolute atomic E-state index is 0.105. The second-order valence-corrected chi connectivity index (χ2v) is 3.52. The van der Waals surface area contributed by atoms with Gasteiger partial charge in [0.2, 0.25) is 10.7 Å². The van der Waals surface area contributed by atoms with Crippen molar-refractivity contribution in [2.75, 3.05) is 0 Å². The van der Waals surface area contributed by atoms with Crippen LogP contribution in [-0.4, -0.2) is 16.9 Å². The quantitative estimate of drug-likeness (QED) is 0.374. The van der Waals surface area contributed by atoms with E-state index in [-0.39, 0.29) is 5.03 Å². The van der Waals surface area contributed by atoms with Crippen LogP contribution in [0.5, 0.6) is 0 Å². The Hall–Kier alpha value is -0.380. The summed E-state index contributed by atoms with van der Waals surface area (Å²) in [6.07, 6.45) is 2.76. The predicted molar refractivity (Wildman–Crippen MR) is 41.6 cm³/mol. The maximum Gasteiger partial charge on any atom is 0.236 e. The summed E-state index contributed by atoms with van der Waals surface area (Å²) in [6, 6.07) is 0. The van der Waals surface area contributed by atoms with Crippen molar-refractivity contribution in [1.82, 2.24) is 0 Å². The van der Waals surface area contributed by atoms with Crippen molar-refractivity contribution in [2.45, 2.75) is 10.7 Å². The summed E-state index contributed by atoms with van der Waals surface area (Å²) in [5.41, 5.74) is -1.48. The molecule has 0 saturated carbocycles. The first-order valence-corrected chi connectivity index (χ1v) is 3.92. The Morgan fingerprint density at radius 1 is 1.58 bits per heavy atom. The summed E-state index contributed by atoms with van der Waals surface area (Å²) in [5, 5.41) is -1.57. The molecule has 0 spiro atoms. The number of carbonyl (C=O) groups is 1. The third-order valence-corrected chi connectivity index (χ3v) is 2.89. The molecule has 2 atom stereocenters. The van der Waals surface area contributed by atoms with Gasteiger partial charge < -0.3 is 4.74 Å². The molecule has 2 rings (SSSR count). The van der Waals surface area contributed by atoms with E-state index < -0.39 is 16.5 Å². The van der Waals surface area contributed by atoms with Crippen molar-refractivity contribution >= 4 is 29.5 Å². The first kappa shape index (κ1) is 8.23. The van der Waals surface area contributed by atoms with Gasteiger partial charge in [0, 0.05) is 0 Å². The van der Waals surface area contributed by atoms with E-state index in [0.717, 1.165) is 6.08 Å². The predicted octanol–water partition coefficient (Wildman–Crippen LogP) is 1.88. The van der Waals surface area contributed by atoms with Crippen LogP contribution in [0.25, 0.3) is 0 Å². The second-order valence-electron chi connectivity index (χ2n) is 2.58. The average molecular weight is 209 g/mol. The highest BCUT2D eigenvalue weighted by atomic mass is 35.5. The molecule has 0 aromatic heterocycles. The molecule has 0 N–H and O–H groups in total. The number of halogens is 3. The number of fused-ring (bicyclic) bond motifs is 1. The highest BCUT2D eigenvalue weighted by Gasteiger charge is 2.76. The second kappa shape index (κ2) is 2.10. The maximum atomic E-state index is 13.0. The molecule has 2 unspecified atom stereocenters. The zero-order valence-electron chi connectivity index (χ0n) is 5.68. The van der Waals surface area contributed by atoms with Crippen LogP contribution in [0, 0.1) is 0 Å². The van der Waals surface area contributed by atoms with E-state index in [4.69, 9.17) is 27.9 Å². The molecule has 1 fully saturated rings. The number of ether oxygens (including phenoxy) is 1. The van der Waals surface area contributed by atoms with E-state index in [1.165, 1.54) is 6.08 Å². The van der Waals surface area contributed by atoms with Crippen molar-refractivity contribution in [3.05, 3.63) is 23.0 Å². The highest BCUT2D eigenvalue weighted by molar-refractivity contribution is 6.38. The molecule has 1 aliphatic heterocycles. The van der Waals surface area contributed by atoms with Crippen LogP contribution in [-0.2, 0) is 9.53 Å². The topological polar surface area (TPSA) is 29.6 Å². The summed E-state index contributed by atoms with van der Waals surface area (Å²) < 4.78 is 17.7. The number of aldehydes is 1. The Morgan fingerprint density at radius 3 is 2.75 bits per heavy atom. The summed E-state index contributed by atoms with van der Waals surface area (Å²) in [5.74, 6) is -0.694. The van der Waals surface area contributed by atoms with Gasteiger partial charge in [-0.1, -0.05) is 23.2 Å². The Bertz CT molecular complexity index is 325. The first-order valence-electron chi connectivity index (χ1n) is 3.16. The molecule has 1 aliphatic carbocycles. The molecule has 0 bridgehead atoms. The van der Waals surface area contributed by atoms with Gasteiger partial charge in [0.05, 0.1) is 5.03 Å². The van der Waals surface area contributed by atoms with Crippen molar-refractivity contribution in [1.29, 1.82) is 0 Å². The molecule has 1 saturated heterocycles. The molecule has 2 nitrogen and oxygen atoms in total. The van der Waals surface area contributed by atoms with Gasteiger partial charge in [0.15, 0.2) is 12.1 Å². The Morgan fingerprint density at radius 2 is 2.25 bits per heavy atom. The Kier molecular flexibility index (Phi) is 1.44. The van der Waals surface area contributed by atoms with Gasteiger partial charge in [0.25, 0.3) is 0 Å². The van der Waals surface area contributed by atoms with Crippen molar-refractivity contribution in [3.8, 4) is 0 Å². The van der Waals surface area contributed by atoms with E-state index in [9.17, 15) is 9.18 Å². The van der Waals surface area contributed by atoms with Gasteiger partial charge in [-0.25, -0.2) is 4.39 Å². The minimum atomic E-state index is -1.68. The standard InChI is InChI=1S/C7H3Cl2FO2/c8-4-1-2-5(10)7(9)6(4,3-11)12-7/h1-3H. The van der Waals surface area contributed by atoms with Gasteiger partial charge in [0.1, 0.15) is 0 Å². The lowest BCUT2D eigenvalue weighted by Gasteiger charge is -2.10. The van der Waals surface area contributed by atoms with Crippen LogP contribution in [0.1, 0.15) is 0 Å². The fourth-order valence-electron chi connectivity index (χ4n) is 1.16. The molecule has 12 heavy (non-hydrogen) atoms. The molecule has 0 amide bonds. The summed E-state index contributed by atoms with van der Waals surface area (Å²) >= 11 is 11.3. The summed E-state index contributed by atoms with van der Waals surface area (Å²) in [6.45, 7) is 0. The van der Waals surface area contributed by atoms with Crippen LogP contribution < -0.4 is 0 Å². The monoisotopic (exact) mass is 208 g/mol. The highest BCUT2D eigenvalue weighted by Crippen LogP contribution is 2.61. The summed E-state index contributed by atoms with van der Waals surface area (Å²) in [4.78, 5) is 10.6. The van der Waals surface area contributed by atoms with Crippen LogP contribution in [0.15, 0.2) is 23.0 Å². The fraction of sp³-hybridized carbons (Fsp3) is 0.286. The summed E-state index contributed by atoms with van der Waals surface area (Å²) in [7, 11) is 0. The SMILES string of the molecule is O=CC12OC1(Cl)C(F)=CC=C2Cl. The van der Waals surface area contributed by atoms with Crippen LogP contribution in [0.4, 0.5) is 4.39 Å². The lowest BCUT2D eigenvalue weighted by molar-refractivity contribution is -0.111. The number of hydrogen-bond acceptors (Lipinski definition) is 2. The number of allylic oxidation sites excluding steroid dienone is 2. The van der Waals surface area contributed by atoms with Crippen molar-refractivity contribution in [2.24, 2.45) is 0 Å². The third kappa shape index (κ3) is 0.672. The van der Waals surface area contributed by atoms with Crippen LogP contribution in [0.3, 0.4) is 0 Å². The number of hydrogen-bond donors (Lipinski definition) is 0. The third-order valence-electron chi connectivity index (χ3n) is 1.94. The fourth-order valence-corrected chi connectivity index (χ4v) is 1.82. The van der Waals surface area contributed by atoms with Gasteiger partial charge in [-0.05, 0) is 12.2 Å². The largest absolute Gasteiger partial charge is 0.325 e. The van der Waals surface area contributed by atoms with Gasteiger partial charge in [-0.3, -0.25) is 4.79 Å². The average Bonchev–Trinajstić information content (AvgIpc) is 2.69. The van der Waals surface area contributed by atoms with Crippen molar-refractivity contribution in [3.63, 3.8) is 0 Å². The zero-order valence-corrected chi connectivity index (χ0v) is 7.19. The minimum Gasteiger partial charge on any atom is -0.325 e. The molecule has 5 heteroatoms. The van der Waals surface area contributed by atoms with Gasteiger partial charge >= 0.3 is 0 Å². The van der Waals surface area contributed by atoms with Gasteiger partial charge in [-0.2, -0.15) is 0 Å². The maximum absolute atomic E-state index is 13.0. The lowest BCUT2D eigenvalue weighted by atomic mass is 10.0. The van der Waals surface area contributed by atoms with E-state index in [1.54, 1.807) is 0 Å². The molecule has 0 radical (unpaired) electrons. The number of epoxide rings is 1. The molecule has 0 aromatic carbocycles. The first-order chi connectivity index (χ1) is 5.57.